The highest BCUT2D eigenvalue weighted by molar-refractivity contribution is 9.10. The number of rotatable bonds is 4. The van der Waals surface area contributed by atoms with E-state index in [-0.39, 0.29) is 0 Å². The smallest absolute Gasteiger partial charge is 0.0417 e. The van der Waals surface area contributed by atoms with E-state index in [0.29, 0.717) is 5.02 Å². The Bertz CT molecular complexity index is 1360. The summed E-state index contributed by atoms with van der Waals surface area (Å²) < 4.78 is 0.984. The molecule has 0 fully saturated rings. The first-order chi connectivity index (χ1) is 15.7. The molecule has 0 bridgehead atoms. The lowest BCUT2D eigenvalue weighted by molar-refractivity contribution is 1.54. The van der Waals surface area contributed by atoms with Crippen molar-refractivity contribution in [3.8, 4) is 44.5 Å². The first kappa shape index (κ1) is 20.8. The average molecular weight is 496 g/mol. The van der Waals surface area contributed by atoms with Gasteiger partial charge in [0.05, 0.1) is 0 Å². The van der Waals surface area contributed by atoms with Crippen LogP contribution < -0.4 is 0 Å². The van der Waals surface area contributed by atoms with Crippen LogP contribution in [0.1, 0.15) is 0 Å². The van der Waals surface area contributed by atoms with Crippen LogP contribution in [0.2, 0.25) is 5.02 Å². The number of hydrogen-bond acceptors (Lipinski definition) is 0. The van der Waals surface area contributed by atoms with E-state index >= 15 is 0 Å². The molecule has 32 heavy (non-hydrogen) atoms. The summed E-state index contributed by atoms with van der Waals surface area (Å²) in [6.45, 7) is 0. The SMILES string of the molecule is Clc1ccc(-c2cc(-c3ccccc3)ccc2-c2ccc(-c3ccccc3)cc2)c(Br)c1. The first-order valence-corrected chi connectivity index (χ1v) is 11.7. The van der Waals surface area contributed by atoms with Crippen LogP contribution in [0.5, 0.6) is 0 Å². The standard InChI is InChI=1S/C30H20BrCl/c31-30-20-26(32)16-18-28(30)29-19-25(22-9-5-2-6-10-22)15-17-27(29)24-13-11-23(12-14-24)21-7-3-1-4-8-21/h1-20H. The molecule has 0 saturated carbocycles. The fourth-order valence-electron chi connectivity index (χ4n) is 4.01. The maximum atomic E-state index is 6.23. The first-order valence-electron chi connectivity index (χ1n) is 10.5. The van der Waals surface area contributed by atoms with E-state index in [9.17, 15) is 0 Å². The molecular formula is C30H20BrCl. The highest BCUT2D eigenvalue weighted by atomic mass is 79.9. The monoisotopic (exact) mass is 494 g/mol. The quantitative estimate of drug-likeness (QED) is 0.233. The Morgan fingerprint density at radius 3 is 1.53 bits per heavy atom. The molecule has 0 heterocycles. The van der Waals surface area contributed by atoms with E-state index < -0.39 is 0 Å². The van der Waals surface area contributed by atoms with Crippen LogP contribution in [-0.4, -0.2) is 0 Å². The van der Waals surface area contributed by atoms with Crippen molar-refractivity contribution in [1.82, 2.24) is 0 Å². The molecule has 5 aromatic rings. The van der Waals surface area contributed by atoms with Crippen LogP contribution in [0.4, 0.5) is 0 Å². The second kappa shape index (κ2) is 9.16. The zero-order valence-electron chi connectivity index (χ0n) is 17.3. The topological polar surface area (TPSA) is 0 Å². The number of benzene rings is 5. The van der Waals surface area contributed by atoms with Gasteiger partial charge in [0.2, 0.25) is 0 Å². The summed E-state index contributed by atoms with van der Waals surface area (Å²) in [6.07, 6.45) is 0. The van der Waals surface area contributed by atoms with E-state index in [4.69, 9.17) is 11.6 Å². The second-order valence-corrected chi connectivity index (χ2v) is 8.98. The minimum atomic E-state index is 0.716. The van der Waals surface area contributed by atoms with Gasteiger partial charge in [-0.05, 0) is 62.7 Å². The third-order valence-electron chi connectivity index (χ3n) is 5.65. The summed E-state index contributed by atoms with van der Waals surface area (Å²) in [6, 6.07) is 42.4. The fourth-order valence-corrected chi connectivity index (χ4v) is 4.91. The third-order valence-corrected chi connectivity index (χ3v) is 6.54. The summed E-state index contributed by atoms with van der Waals surface area (Å²) in [7, 11) is 0. The molecule has 5 rings (SSSR count). The molecule has 0 aliphatic carbocycles. The van der Waals surface area contributed by atoms with Crippen LogP contribution in [0.3, 0.4) is 0 Å². The van der Waals surface area contributed by atoms with Gasteiger partial charge in [-0.3, -0.25) is 0 Å². The average Bonchev–Trinajstić information content (AvgIpc) is 2.85. The molecule has 0 unspecified atom stereocenters. The molecule has 0 atom stereocenters. The van der Waals surface area contributed by atoms with Crippen LogP contribution in [-0.2, 0) is 0 Å². The largest absolute Gasteiger partial charge is 0.0843 e. The van der Waals surface area contributed by atoms with E-state index in [1.54, 1.807) is 0 Å². The van der Waals surface area contributed by atoms with Gasteiger partial charge in [0, 0.05) is 9.50 Å². The lowest BCUT2D eigenvalue weighted by atomic mass is 9.90. The van der Waals surface area contributed by atoms with Gasteiger partial charge in [0.15, 0.2) is 0 Å². The van der Waals surface area contributed by atoms with Crippen molar-refractivity contribution in [3.63, 3.8) is 0 Å². The predicted molar refractivity (Wildman–Crippen MR) is 141 cm³/mol. The summed E-state index contributed by atoms with van der Waals surface area (Å²) >= 11 is 9.96. The van der Waals surface area contributed by atoms with Gasteiger partial charge in [-0.15, -0.1) is 0 Å². The molecule has 154 valence electrons. The summed E-state index contributed by atoms with van der Waals surface area (Å²) in [5.74, 6) is 0. The lowest BCUT2D eigenvalue weighted by Crippen LogP contribution is -1.89. The molecule has 0 aliphatic heterocycles. The van der Waals surface area contributed by atoms with Crippen LogP contribution in [0, 0.1) is 0 Å². The van der Waals surface area contributed by atoms with E-state index in [1.165, 1.54) is 38.9 Å². The zero-order valence-corrected chi connectivity index (χ0v) is 19.6. The molecular weight excluding hydrogens is 476 g/mol. The number of hydrogen-bond donors (Lipinski definition) is 0. The van der Waals surface area contributed by atoms with Gasteiger partial charge in [0.1, 0.15) is 0 Å². The van der Waals surface area contributed by atoms with Crippen molar-refractivity contribution < 1.29 is 0 Å². The van der Waals surface area contributed by atoms with Crippen molar-refractivity contribution >= 4 is 27.5 Å². The van der Waals surface area contributed by atoms with Crippen molar-refractivity contribution in [1.29, 1.82) is 0 Å². The van der Waals surface area contributed by atoms with E-state index in [1.807, 2.05) is 24.3 Å². The Kier molecular flexibility index (Phi) is 5.94. The molecule has 0 aliphatic rings. The molecule has 0 amide bonds. The maximum Gasteiger partial charge on any atom is 0.0417 e. The minimum Gasteiger partial charge on any atom is -0.0843 e. The second-order valence-electron chi connectivity index (χ2n) is 7.69. The predicted octanol–water partition coefficient (Wildman–Crippen LogP) is 9.77. The summed E-state index contributed by atoms with van der Waals surface area (Å²) in [4.78, 5) is 0. The van der Waals surface area contributed by atoms with Gasteiger partial charge in [-0.1, -0.05) is 131 Å². The van der Waals surface area contributed by atoms with Gasteiger partial charge in [0.25, 0.3) is 0 Å². The Labute approximate surface area is 202 Å². The number of halogens is 2. The molecule has 0 saturated heterocycles. The molecule has 0 aromatic heterocycles. The highest BCUT2D eigenvalue weighted by Gasteiger charge is 2.13. The van der Waals surface area contributed by atoms with Crippen LogP contribution in [0.15, 0.2) is 126 Å². The van der Waals surface area contributed by atoms with E-state index in [0.717, 1.165) is 10.0 Å². The highest BCUT2D eigenvalue weighted by Crippen LogP contribution is 2.40. The van der Waals surface area contributed by atoms with Gasteiger partial charge in [-0.2, -0.15) is 0 Å². The van der Waals surface area contributed by atoms with Crippen molar-refractivity contribution in [2.75, 3.05) is 0 Å². The Hall–Kier alpha value is -3.13. The summed E-state index contributed by atoms with van der Waals surface area (Å²) in [5, 5.41) is 0.716. The minimum absolute atomic E-state index is 0.716. The van der Waals surface area contributed by atoms with Crippen molar-refractivity contribution in [2.24, 2.45) is 0 Å². The summed E-state index contributed by atoms with van der Waals surface area (Å²) in [5.41, 5.74) is 9.48. The molecule has 0 N–H and O–H groups in total. The van der Waals surface area contributed by atoms with Crippen molar-refractivity contribution in [2.45, 2.75) is 0 Å². The molecule has 0 nitrogen and oxygen atoms in total. The lowest BCUT2D eigenvalue weighted by Gasteiger charge is -2.15. The Balaban J connectivity index is 1.64. The van der Waals surface area contributed by atoms with Crippen LogP contribution in [0.25, 0.3) is 44.5 Å². The molecule has 2 heteroatoms. The van der Waals surface area contributed by atoms with Gasteiger partial charge < -0.3 is 0 Å². The van der Waals surface area contributed by atoms with E-state index in [2.05, 4.69) is 113 Å². The maximum absolute atomic E-state index is 6.23. The molecule has 5 aromatic carbocycles. The van der Waals surface area contributed by atoms with Crippen molar-refractivity contribution in [3.05, 3.63) is 131 Å². The zero-order chi connectivity index (χ0) is 21.9. The Morgan fingerprint density at radius 2 is 0.906 bits per heavy atom. The molecule has 0 radical (unpaired) electrons. The Morgan fingerprint density at radius 1 is 0.406 bits per heavy atom. The third kappa shape index (κ3) is 4.27. The van der Waals surface area contributed by atoms with Gasteiger partial charge in [-0.25, -0.2) is 0 Å². The normalized spacial score (nSPS) is 10.8. The molecule has 0 spiro atoms. The van der Waals surface area contributed by atoms with Crippen LogP contribution >= 0.6 is 27.5 Å². The van der Waals surface area contributed by atoms with Gasteiger partial charge >= 0.3 is 0 Å². The fraction of sp³-hybridized carbons (Fsp3) is 0.